The fourth-order valence-electron chi connectivity index (χ4n) is 4.18. The maximum Gasteiger partial charge on any atom is 0.234 e. The molecule has 35 heavy (non-hydrogen) atoms. The molecule has 1 N–H and O–H groups in total. The molecular weight excluding hydrogens is 446 g/mol. The number of aromatic nitrogens is 2. The largest absolute Gasteiger partial charge is 0.495 e. The van der Waals surface area contributed by atoms with Crippen molar-refractivity contribution >= 4 is 5.91 Å². The predicted octanol–water partition coefficient (Wildman–Crippen LogP) is 2.56. The normalized spacial score (nSPS) is 13.6. The molecule has 1 saturated heterocycles. The number of benzene rings is 2. The number of hydrogen-bond donors (Lipinski definition) is 1. The molecule has 1 aliphatic rings. The first-order valence-electron chi connectivity index (χ1n) is 11.2. The zero-order valence-electron chi connectivity index (χ0n) is 20.0. The maximum absolute atomic E-state index is 11.8. The molecule has 0 unspecified atom stereocenters. The van der Waals surface area contributed by atoms with Crippen LogP contribution in [0.1, 0.15) is 22.5 Å². The number of carbonyl (C=O) groups is 1. The van der Waals surface area contributed by atoms with Crippen LogP contribution in [0, 0.1) is 11.3 Å². The van der Waals surface area contributed by atoms with Crippen LogP contribution in [0.25, 0.3) is 11.3 Å². The fraction of sp³-hybridized carbons (Fsp3) is 0.308. The Hall–Kier alpha value is -4.16. The molecule has 4 rings (SSSR count). The number of methoxy groups -OCH3 is 3. The van der Waals surface area contributed by atoms with Gasteiger partial charge >= 0.3 is 0 Å². The number of ether oxygens (including phenoxy) is 3. The van der Waals surface area contributed by atoms with Gasteiger partial charge in [0.1, 0.15) is 17.6 Å². The van der Waals surface area contributed by atoms with E-state index < -0.39 is 0 Å². The second kappa shape index (κ2) is 10.8. The summed E-state index contributed by atoms with van der Waals surface area (Å²) >= 11 is 0. The highest BCUT2D eigenvalue weighted by atomic mass is 16.5. The Labute approximate surface area is 204 Å². The molecule has 1 aliphatic heterocycles. The molecule has 0 atom stereocenters. The third-order valence-electron chi connectivity index (χ3n) is 5.81. The number of amides is 1. The fourth-order valence-corrected chi connectivity index (χ4v) is 4.18. The minimum atomic E-state index is 0.0154. The highest BCUT2D eigenvalue weighted by molar-refractivity contribution is 5.78. The third kappa shape index (κ3) is 5.50. The molecule has 9 heteroatoms. The number of nitriles is 1. The van der Waals surface area contributed by atoms with Gasteiger partial charge in [0.25, 0.3) is 0 Å². The van der Waals surface area contributed by atoms with Crippen LogP contribution in [-0.2, 0) is 17.8 Å². The van der Waals surface area contributed by atoms with E-state index in [0.717, 1.165) is 23.2 Å². The van der Waals surface area contributed by atoms with Crippen molar-refractivity contribution in [3.05, 3.63) is 65.1 Å². The van der Waals surface area contributed by atoms with E-state index in [9.17, 15) is 10.1 Å². The lowest BCUT2D eigenvalue weighted by atomic mass is 10.0. The molecule has 1 aromatic heterocycles. The quantitative estimate of drug-likeness (QED) is 0.532. The molecule has 180 valence electrons. The summed E-state index contributed by atoms with van der Waals surface area (Å²) in [4.78, 5) is 23.1. The summed E-state index contributed by atoms with van der Waals surface area (Å²) in [7, 11) is 4.75. The first kappa shape index (κ1) is 24.0. The Balaban J connectivity index is 1.62. The van der Waals surface area contributed by atoms with E-state index in [-0.39, 0.29) is 5.91 Å². The lowest BCUT2D eigenvalue weighted by Gasteiger charge is -2.27. The van der Waals surface area contributed by atoms with Crippen LogP contribution < -0.4 is 19.5 Å². The predicted molar refractivity (Wildman–Crippen MR) is 129 cm³/mol. The molecule has 1 amide bonds. The summed E-state index contributed by atoms with van der Waals surface area (Å²) < 4.78 is 16.5. The van der Waals surface area contributed by atoms with Crippen LogP contribution >= 0.6 is 0 Å². The zero-order valence-corrected chi connectivity index (χ0v) is 20.0. The van der Waals surface area contributed by atoms with Gasteiger partial charge in [0.2, 0.25) is 5.91 Å². The monoisotopic (exact) mass is 473 g/mol. The summed E-state index contributed by atoms with van der Waals surface area (Å²) in [5.41, 5.74) is 3.86. The van der Waals surface area contributed by atoms with Crippen molar-refractivity contribution in [1.29, 1.82) is 5.26 Å². The first-order valence-corrected chi connectivity index (χ1v) is 11.2. The molecule has 3 aromatic rings. The highest BCUT2D eigenvalue weighted by Crippen LogP contribution is 2.34. The smallest absolute Gasteiger partial charge is 0.234 e. The van der Waals surface area contributed by atoms with Crippen molar-refractivity contribution in [2.45, 2.75) is 13.0 Å². The van der Waals surface area contributed by atoms with Crippen molar-refractivity contribution in [2.75, 3.05) is 41.0 Å². The van der Waals surface area contributed by atoms with Crippen LogP contribution in [0.4, 0.5) is 0 Å². The maximum atomic E-state index is 11.8. The van der Waals surface area contributed by atoms with Crippen molar-refractivity contribution in [3.8, 4) is 34.6 Å². The highest BCUT2D eigenvalue weighted by Gasteiger charge is 2.20. The van der Waals surface area contributed by atoms with Gasteiger partial charge in [-0.15, -0.1) is 0 Å². The van der Waals surface area contributed by atoms with Gasteiger partial charge in [0.15, 0.2) is 11.5 Å². The SMILES string of the molecule is COc1ccc(-c2ccnc(Cc3cc(CN4CCNC(=O)C4)c(OC)c(OC)c3)n2)cc1C#N. The van der Waals surface area contributed by atoms with Crippen LogP contribution in [0.2, 0.25) is 0 Å². The second-order valence-corrected chi connectivity index (χ2v) is 8.11. The van der Waals surface area contributed by atoms with E-state index in [4.69, 9.17) is 19.2 Å². The van der Waals surface area contributed by atoms with Gasteiger partial charge in [-0.05, 0) is 35.9 Å². The van der Waals surface area contributed by atoms with Gasteiger partial charge in [0, 0.05) is 43.4 Å². The van der Waals surface area contributed by atoms with E-state index in [1.165, 1.54) is 7.11 Å². The molecule has 0 spiro atoms. The molecule has 0 radical (unpaired) electrons. The van der Waals surface area contributed by atoms with Crippen molar-refractivity contribution < 1.29 is 19.0 Å². The average molecular weight is 474 g/mol. The van der Waals surface area contributed by atoms with Gasteiger partial charge in [-0.2, -0.15) is 5.26 Å². The Bertz CT molecular complexity index is 1270. The van der Waals surface area contributed by atoms with Gasteiger partial charge in [0.05, 0.1) is 39.1 Å². The van der Waals surface area contributed by atoms with Crippen LogP contribution in [0.5, 0.6) is 17.2 Å². The van der Waals surface area contributed by atoms with Gasteiger partial charge in [-0.3, -0.25) is 9.69 Å². The van der Waals surface area contributed by atoms with Crippen LogP contribution in [-0.4, -0.2) is 61.7 Å². The average Bonchev–Trinajstić information content (AvgIpc) is 2.88. The second-order valence-electron chi connectivity index (χ2n) is 8.11. The number of nitrogens with zero attached hydrogens (tertiary/aromatic N) is 4. The number of nitrogens with one attached hydrogen (secondary N) is 1. The van der Waals surface area contributed by atoms with Gasteiger partial charge in [-0.25, -0.2) is 9.97 Å². The van der Waals surface area contributed by atoms with Crippen LogP contribution in [0.15, 0.2) is 42.6 Å². The minimum absolute atomic E-state index is 0.0154. The Kier molecular flexibility index (Phi) is 7.43. The molecule has 2 heterocycles. The summed E-state index contributed by atoms with van der Waals surface area (Å²) in [6, 6.07) is 13.3. The molecule has 9 nitrogen and oxygen atoms in total. The summed E-state index contributed by atoms with van der Waals surface area (Å²) in [6.45, 7) is 2.29. The molecule has 1 fully saturated rings. The Morgan fingerprint density at radius 2 is 1.91 bits per heavy atom. The number of piperazine rings is 1. The minimum Gasteiger partial charge on any atom is -0.495 e. The summed E-state index contributed by atoms with van der Waals surface area (Å²) in [5, 5.41) is 12.3. The molecular formula is C26H27N5O4. The lowest BCUT2D eigenvalue weighted by molar-refractivity contribution is -0.124. The van der Waals surface area contributed by atoms with Gasteiger partial charge in [-0.1, -0.05) is 6.07 Å². The third-order valence-corrected chi connectivity index (χ3v) is 5.81. The summed E-state index contributed by atoms with van der Waals surface area (Å²) in [6.07, 6.45) is 2.19. The summed E-state index contributed by atoms with van der Waals surface area (Å²) in [5.74, 6) is 2.44. The number of rotatable bonds is 8. The molecule has 2 aromatic carbocycles. The van der Waals surface area contributed by atoms with Crippen LogP contribution in [0.3, 0.4) is 0 Å². The molecule has 0 bridgehead atoms. The van der Waals surface area contributed by atoms with E-state index in [1.807, 2.05) is 24.3 Å². The Morgan fingerprint density at radius 1 is 1.09 bits per heavy atom. The van der Waals surface area contributed by atoms with Crippen molar-refractivity contribution in [1.82, 2.24) is 20.2 Å². The number of hydrogen-bond acceptors (Lipinski definition) is 8. The Morgan fingerprint density at radius 3 is 2.63 bits per heavy atom. The van der Waals surface area contributed by atoms with E-state index in [0.29, 0.717) is 60.4 Å². The van der Waals surface area contributed by atoms with E-state index >= 15 is 0 Å². The van der Waals surface area contributed by atoms with E-state index in [1.54, 1.807) is 32.5 Å². The topological polar surface area (TPSA) is 110 Å². The van der Waals surface area contributed by atoms with E-state index in [2.05, 4.69) is 21.3 Å². The lowest BCUT2D eigenvalue weighted by Crippen LogP contribution is -2.47. The van der Waals surface area contributed by atoms with Gasteiger partial charge < -0.3 is 19.5 Å². The standard InChI is InChI=1S/C26H27N5O4/c1-33-22-5-4-18(13-19(22)14-27)21-6-7-28-24(30-21)12-17-10-20(26(35-3)23(11-17)34-2)15-31-9-8-29-25(32)16-31/h4-7,10-11,13H,8-9,12,15-16H2,1-3H3,(H,29,32). The number of carbonyl (C=O) groups excluding carboxylic acids is 1. The first-order chi connectivity index (χ1) is 17.0. The molecule has 0 aliphatic carbocycles. The zero-order chi connectivity index (χ0) is 24.8. The van der Waals surface area contributed by atoms with Crippen molar-refractivity contribution in [2.24, 2.45) is 0 Å². The van der Waals surface area contributed by atoms with Crippen molar-refractivity contribution in [3.63, 3.8) is 0 Å². The molecule has 0 saturated carbocycles.